The number of amidine groups is 2. The van der Waals surface area contributed by atoms with E-state index in [-0.39, 0.29) is 11.3 Å². The molecule has 0 amide bonds. The van der Waals surface area contributed by atoms with Gasteiger partial charge in [-0.2, -0.15) is 5.26 Å². The van der Waals surface area contributed by atoms with Gasteiger partial charge in [-0.15, -0.1) is 0 Å². The normalized spacial score (nSPS) is 13.2. The highest BCUT2D eigenvalue weighted by molar-refractivity contribution is 6.16. The first-order valence-electron chi connectivity index (χ1n) is 14.7. The predicted octanol–water partition coefficient (Wildman–Crippen LogP) is 9.08. The Hall–Kier alpha value is -5.79. The van der Waals surface area contributed by atoms with E-state index in [0.29, 0.717) is 17.0 Å². The maximum absolute atomic E-state index is 9.47. The zero-order valence-electron chi connectivity index (χ0n) is 24.6. The average molecular weight is 567 g/mol. The van der Waals surface area contributed by atoms with Crippen molar-refractivity contribution >= 4 is 22.4 Å². The standard InChI is InChI=1S/C40H30N4/c1-40(2)35-22-25(24-41)12-19-32(35)33-20-18-30(23-36(33)40)26-13-15-28(16-14-26)37-31-11-7-6-8-27(31)17-21-34(37)39(43)44-38(42)29-9-4-3-5-10-29/h3-23H,1-2H3,(H3,42,43,44). The van der Waals surface area contributed by atoms with Crippen LogP contribution in [-0.4, -0.2) is 11.7 Å². The Morgan fingerprint density at radius 2 is 1.34 bits per heavy atom. The van der Waals surface area contributed by atoms with Gasteiger partial charge in [-0.1, -0.05) is 123 Å². The van der Waals surface area contributed by atoms with Crippen molar-refractivity contribution in [3.05, 3.63) is 155 Å². The topological polar surface area (TPSA) is 86.0 Å². The van der Waals surface area contributed by atoms with Gasteiger partial charge < -0.3 is 5.73 Å². The average Bonchev–Trinajstić information content (AvgIpc) is 3.29. The van der Waals surface area contributed by atoms with E-state index in [1.54, 1.807) is 0 Å². The fraction of sp³-hybridized carbons (Fsp3) is 0.0750. The summed E-state index contributed by atoms with van der Waals surface area (Å²) in [6.45, 7) is 4.47. The molecule has 0 saturated carbocycles. The molecule has 1 aliphatic carbocycles. The van der Waals surface area contributed by atoms with Gasteiger partial charge in [0.1, 0.15) is 5.84 Å². The number of benzene rings is 6. The van der Waals surface area contributed by atoms with Crippen LogP contribution in [0.4, 0.5) is 0 Å². The second kappa shape index (κ2) is 10.5. The molecule has 4 nitrogen and oxygen atoms in total. The van der Waals surface area contributed by atoms with Gasteiger partial charge in [-0.25, -0.2) is 4.99 Å². The van der Waals surface area contributed by atoms with Crippen molar-refractivity contribution in [3.63, 3.8) is 0 Å². The van der Waals surface area contributed by atoms with E-state index in [1.807, 2.05) is 60.7 Å². The van der Waals surface area contributed by atoms with Gasteiger partial charge in [-0.3, -0.25) is 5.41 Å². The summed E-state index contributed by atoms with van der Waals surface area (Å²) < 4.78 is 0. The van der Waals surface area contributed by atoms with Crippen LogP contribution >= 0.6 is 0 Å². The molecule has 0 saturated heterocycles. The highest BCUT2D eigenvalue weighted by atomic mass is 14.9. The predicted molar refractivity (Wildman–Crippen MR) is 181 cm³/mol. The smallest absolute Gasteiger partial charge is 0.154 e. The van der Waals surface area contributed by atoms with Gasteiger partial charge in [0, 0.05) is 22.1 Å². The van der Waals surface area contributed by atoms with Gasteiger partial charge in [0.25, 0.3) is 0 Å². The van der Waals surface area contributed by atoms with Crippen LogP contribution in [0.2, 0.25) is 0 Å². The molecule has 0 aromatic heterocycles. The van der Waals surface area contributed by atoms with Crippen molar-refractivity contribution in [2.24, 2.45) is 10.7 Å². The first-order chi connectivity index (χ1) is 21.3. The molecule has 0 fully saturated rings. The summed E-state index contributed by atoms with van der Waals surface area (Å²) in [7, 11) is 0. The van der Waals surface area contributed by atoms with Crippen molar-refractivity contribution in [1.82, 2.24) is 0 Å². The summed E-state index contributed by atoms with van der Waals surface area (Å²) >= 11 is 0. The molecule has 0 unspecified atom stereocenters. The molecule has 0 spiro atoms. The van der Waals surface area contributed by atoms with Crippen molar-refractivity contribution < 1.29 is 0 Å². The Morgan fingerprint density at radius 3 is 2.09 bits per heavy atom. The Morgan fingerprint density at radius 1 is 0.705 bits per heavy atom. The van der Waals surface area contributed by atoms with Crippen LogP contribution in [0.5, 0.6) is 0 Å². The zero-order chi connectivity index (χ0) is 30.4. The number of hydrogen-bond donors (Lipinski definition) is 2. The third-order valence-electron chi connectivity index (χ3n) is 8.80. The summed E-state index contributed by atoms with van der Waals surface area (Å²) in [6, 6.07) is 45.3. The van der Waals surface area contributed by atoms with Crippen LogP contribution < -0.4 is 5.73 Å². The largest absolute Gasteiger partial charge is 0.383 e. The van der Waals surface area contributed by atoms with E-state index in [0.717, 1.165) is 38.6 Å². The molecular weight excluding hydrogens is 536 g/mol. The van der Waals surface area contributed by atoms with E-state index in [2.05, 4.69) is 91.6 Å². The second-order valence-corrected chi connectivity index (χ2v) is 11.8. The number of fused-ring (bicyclic) bond motifs is 4. The Balaban J connectivity index is 1.28. The van der Waals surface area contributed by atoms with Crippen molar-refractivity contribution in [3.8, 4) is 39.4 Å². The molecule has 1 aliphatic rings. The maximum atomic E-state index is 9.47. The number of nitrogens with two attached hydrogens (primary N) is 1. The van der Waals surface area contributed by atoms with Crippen LogP contribution in [0.25, 0.3) is 44.2 Å². The molecule has 0 bridgehead atoms. The first-order valence-corrected chi connectivity index (χ1v) is 14.7. The summed E-state index contributed by atoms with van der Waals surface area (Å²) in [6.07, 6.45) is 0. The number of rotatable bonds is 4. The number of aliphatic imine (C=N–C) groups is 1. The van der Waals surface area contributed by atoms with Crippen LogP contribution in [0.3, 0.4) is 0 Å². The Labute approximate surface area is 257 Å². The fourth-order valence-corrected chi connectivity index (χ4v) is 6.45. The van der Waals surface area contributed by atoms with Gasteiger partial charge in [0.2, 0.25) is 0 Å². The molecule has 210 valence electrons. The molecule has 44 heavy (non-hydrogen) atoms. The summed E-state index contributed by atoms with van der Waals surface area (Å²) in [5.74, 6) is 0.437. The molecular formula is C40H30N4. The maximum Gasteiger partial charge on any atom is 0.154 e. The highest BCUT2D eigenvalue weighted by Gasteiger charge is 2.35. The molecule has 0 aliphatic heterocycles. The number of hydrogen-bond acceptors (Lipinski definition) is 2. The first kappa shape index (κ1) is 27.1. The number of nitriles is 1. The van der Waals surface area contributed by atoms with Gasteiger partial charge in [0.15, 0.2) is 5.84 Å². The molecule has 3 N–H and O–H groups in total. The third-order valence-corrected chi connectivity index (χ3v) is 8.80. The minimum absolute atomic E-state index is 0.128. The van der Waals surface area contributed by atoms with Crippen molar-refractivity contribution in [2.45, 2.75) is 19.3 Å². The van der Waals surface area contributed by atoms with E-state index < -0.39 is 0 Å². The zero-order valence-corrected chi connectivity index (χ0v) is 24.6. The van der Waals surface area contributed by atoms with E-state index in [9.17, 15) is 5.26 Å². The Kier molecular flexibility index (Phi) is 6.45. The highest BCUT2D eigenvalue weighted by Crippen LogP contribution is 2.50. The lowest BCUT2D eigenvalue weighted by Gasteiger charge is -2.22. The summed E-state index contributed by atoms with van der Waals surface area (Å²) in [5.41, 5.74) is 17.8. The van der Waals surface area contributed by atoms with Crippen LogP contribution in [0, 0.1) is 16.7 Å². The summed E-state index contributed by atoms with van der Waals surface area (Å²) in [5, 5.41) is 20.2. The SMILES string of the molecule is CC1(C)c2cc(C#N)ccc2-c2ccc(-c3ccc(-c4c(/C(N)=N/C(=N)c5ccccc5)ccc5ccccc45)cc3)cc21. The quantitative estimate of drug-likeness (QED) is 0.165. The third kappa shape index (κ3) is 4.47. The molecule has 0 heterocycles. The van der Waals surface area contributed by atoms with E-state index >= 15 is 0 Å². The minimum Gasteiger partial charge on any atom is -0.383 e. The molecule has 0 radical (unpaired) electrons. The van der Waals surface area contributed by atoms with E-state index in [1.165, 1.54) is 22.3 Å². The van der Waals surface area contributed by atoms with Gasteiger partial charge >= 0.3 is 0 Å². The van der Waals surface area contributed by atoms with Gasteiger partial charge in [-0.05, 0) is 67.9 Å². The lowest BCUT2D eigenvalue weighted by Crippen LogP contribution is -2.17. The minimum atomic E-state index is -0.199. The number of nitrogens with one attached hydrogen (secondary N) is 1. The fourth-order valence-electron chi connectivity index (χ4n) is 6.45. The lowest BCUT2D eigenvalue weighted by molar-refractivity contribution is 0.660. The van der Waals surface area contributed by atoms with Crippen molar-refractivity contribution in [1.29, 1.82) is 10.7 Å². The molecule has 0 atom stereocenters. The molecule has 6 aromatic rings. The molecule has 7 rings (SSSR count). The second-order valence-electron chi connectivity index (χ2n) is 11.8. The lowest BCUT2D eigenvalue weighted by atomic mass is 9.81. The van der Waals surface area contributed by atoms with Crippen LogP contribution in [0.1, 0.15) is 41.7 Å². The van der Waals surface area contributed by atoms with Crippen LogP contribution in [-0.2, 0) is 5.41 Å². The number of nitrogens with zero attached hydrogens (tertiary/aromatic N) is 2. The summed E-state index contributed by atoms with van der Waals surface area (Å²) in [4.78, 5) is 4.51. The monoisotopic (exact) mass is 566 g/mol. The van der Waals surface area contributed by atoms with Gasteiger partial charge in [0.05, 0.1) is 11.6 Å². The Bertz CT molecular complexity index is 2170. The molecule has 6 aromatic carbocycles. The van der Waals surface area contributed by atoms with Crippen molar-refractivity contribution in [2.75, 3.05) is 0 Å². The van der Waals surface area contributed by atoms with Crippen LogP contribution in [0.15, 0.2) is 132 Å². The molecule has 4 heteroatoms. The van der Waals surface area contributed by atoms with E-state index in [4.69, 9.17) is 11.1 Å².